The van der Waals surface area contributed by atoms with Gasteiger partial charge in [-0.05, 0) is 48.7 Å². The Morgan fingerprint density at radius 1 is 1.20 bits per heavy atom. The van der Waals surface area contributed by atoms with Crippen LogP contribution in [0.2, 0.25) is 0 Å². The van der Waals surface area contributed by atoms with Gasteiger partial charge in [0.1, 0.15) is 18.1 Å². The Hall–Kier alpha value is -4.93. The highest BCUT2D eigenvalue weighted by molar-refractivity contribution is 6.00. The van der Waals surface area contributed by atoms with Gasteiger partial charge in [-0.15, -0.1) is 0 Å². The lowest BCUT2D eigenvalue weighted by Crippen LogP contribution is -2.43. The molecular weight excluding hydrogens is 526 g/mol. The number of carbonyl (C=O) groups is 2. The fraction of sp³-hybridized carbons (Fsp3) is 0.300. The maximum absolute atomic E-state index is 13.4. The number of methoxy groups -OCH3 is 1. The number of hydrogen-bond donors (Lipinski definition) is 2. The topological polar surface area (TPSA) is 145 Å². The molecule has 11 nitrogen and oxygen atoms in total. The van der Waals surface area contributed by atoms with Gasteiger partial charge in [-0.25, -0.2) is 9.78 Å². The molecule has 2 aromatic carbocycles. The lowest BCUT2D eigenvalue weighted by Gasteiger charge is -2.25. The first kappa shape index (κ1) is 26.3. The highest BCUT2D eigenvalue weighted by atomic mass is 16.6. The van der Waals surface area contributed by atoms with Crippen LogP contribution in [0.15, 0.2) is 65.6 Å². The maximum Gasteiger partial charge on any atom is 0.328 e. The molecule has 0 unspecified atom stereocenters. The van der Waals surface area contributed by atoms with Gasteiger partial charge in [0.05, 0.1) is 34.9 Å². The van der Waals surface area contributed by atoms with Gasteiger partial charge < -0.3 is 24.0 Å². The van der Waals surface area contributed by atoms with Crippen molar-refractivity contribution in [3.63, 3.8) is 0 Å². The first-order valence-electron chi connectivity index (χ1n) is 13.6. The standard InChI is InChI=1S/C30H29N5O6/c1-40-30(37)26(14-20-16-31-24-9-8-22(35(38)39)15-23(20)24)33-29(36)18-7-10-27-25(13-18)32-28(19-11-12-41-17-19)34(27)21-5-3-2-4-6-21/h7-13,15-17,21,26,31H,2-6,14H2,1H3,(H,33,36)/t26-/m0/s1. The third-order valence-corrected chi connectivity index (χ3v) is 7.85. The molecule has 0 spiro atoms. The summed E-state index contributed by atoms with van der Waals surface area (Å²) in [4.78, 5) is 44.9. The second kappa shape index (κ2) is 10.9. The van der Waals surface area contributed by atoms with Crippen molar-refractivity contribution in [2.75, 3.05) is 7.11 Å². The van der Waals surface area contributed by atoms with Crippen LogP contribution in [0.1, 0.15) is 54.1 Å². The number of aromatic amines is 1. The number of aromatic nitrogens is 3. The van der Waals surface area contributed by atoms with E-state index in [0.29, 0.717) is 33.6 Å². The minimum atomic E-state index is -1.01. The maximum atomic E-state index is 13.4. The number of nitro benzene ring substituents is 1. The fourth-order valence-corrected chi connectivity index (χ4v) is 5.79. The summed E-state index contributed by atoms with van der Waals surface area (Å²) < 4.78 is 12.6. The van der Waals surface area contributed by atoms with Crippen molar-refractivity contribution in [3.05, 3.63) is 82.4 Å². The Bertz CT molecular complexity index is 1750. The van der Waals surface area contributed by atoms with Gasteiger partial charge in [0, 0.05) is 47.3 Å². The number of carbonyl (C=O) groups excluding carboxylic acids is 2. The number of imidazole rings is 1. The van der Waals surface area contributed by atoms with Crippen molar-refractivity contribution >= 4 is 39.5 Å². The summed E-state index contributed by atoms with van der Waals surface area (Å²) in [5.41, 5.74) is 4.12. The molecule has 0 aliphatic heterocycles. The van der Waals surface area contributed by atoms with E-state index in [1.807, 2.05) is 12.1 Å². The predicted octanol–water partition coefficient (Wildman–Crippen LogP) is 5.71. The van der Waals surface area contributed by atoms with E-state index >= 15 is 0 Å². The highest BCUT2D eigenvalue weighted by Gasteiger charge is 2.26. The molecule has 2 N–H and O–H groups in total. The Balaban J connectivity index is 1.30. The molecule has 1 saturated carbocycles. The van der Waals surface area contributed by atoms with Crippen LogP contribution in [0.5, 0.6) is 0 Å². The molecule has 1 aliphatic rings. The number of fused-ring (bicyclic) bond motifs is 2. The normalized spacial score (nSPS) is 14.8. The van der Waals surface area contributed by atoms with E-state index in [1.165, 1.54) is 25.7 Å². The molecule has 1 aliphatic carbocycles. The molecule has 1 amide bonds. The van der Waals surface area contributed by atoms with E-state index in [9.17, 15) is 19.7 Å². The highest BCUT2D eigenvalue weighted by Crippen LogP contribution is 2.36. The van der Waals surface area contributed by atoms with Crippen LogP contribution < -0.4 is 5.32 Å². The SMILES string of the molecule is COC(=O)[C@H](Cc1c[nH]c2ccc([N+](=O)[O-])cc12)NC(=O)c1ccc2c(c1)nc(-c1ccoc1)n2C1CCCCC1. The largest absolute Gasteiger partial charge is 0.472 e. The fourth-order valence-electron chi connectivity index (χ4n) is 5.79. The summed E-state index contributed by atoms with van der Waals surface area (Å²) >= 11 is 0. The molecule has 1 atom stereocenters. The molecule has 11 heteroatoms. The lowest BCUT2D eigenvalue weighted by molar-refractivity contribution is -0.384. The smallest absolute Gasteiger partial charge is 0.328 e. The van der Waals surface area contributed by atoms with Gasteiger partial charge >= 0.3 is 5.97 Å². The van der Waals surface area contributed by atoms with Crippen molar-refractivity contribution in [2.24, 2.45) is 0 Å². The number of hydrogen-bond acceptors (Lipinski definition) is 7. The number of furan rings is 1. The summed E-state index contributed by atoms with van der Waals surface area (Å²) in [6, 6.07) is 11.0. The van der Waals surface area contributed by atoms with Crippen LogP contribution >= 0.6 is 0 Å². The molecule has 0 radical (unpaired) electrons. The molecule has 0 saturated heterocycles. The summed E-state index contributed by atoms with van der Waals surface area (Å²) in [6.07, 6.45) is 10.7. The van der Waals surface area contributed by atoms with Crippen molar-refractivity contribution in [1.82, 2.24) is 19.9 Å². The molecule has 0 bridgehead atoms. The summed E-state index contributed by atoms with van der Waals surface area (Å²) in [6.45, 7) is 0. The van der Waals surface area contributed by atoms with Crippen molar-refractivity contribution in [2.45, 2.75) is 50.6 Å². The summed E-state index contributed by atoms with van der Waals surface area (Å²) in [5.74, 6) is -0.271. The quantitative estimate of drug-likeness (QED) is 0.142. The Kier molecular flexibility index (Phi) is 7.00. The van der Waals surface area contributed by atoms with Crippen LogP contribution in [-0.2, 0) is 16.0 Å². The van der Waals surface area contributed by atoms with Crippen molar-refractivity contribution in [3.8, 4) is 11.4 Å². The molecule has 41 heavy (non-hydrogen) atoms. The van der Waals surface area contributed by atoms with Gasteiger partial charge in [0.2, 0.25) is 0 Å². The summed E-state index contributed by atoms with van der Waals surface area (Å²) in [5, 5.41) is 14.7. The van der Waals surface area contributed by atoms with Crippen LogP contribution in [-0.4, -0.2) is 44.5 Å². The second-order valence-corrected chi connectivity index (χ2v) is 10.4. The number of nitrogens with zero attached hydrogens (tertiary/aromatic N) is 3. The van der Waals surface area contributed by atoms with Crippen LogP contribution in [0.25, 0.3) is 33.3 Å². The Morgan fingerprint density at radius 3 is 2.76 bits per heavy atom. The van der Waals surface area contributed by atoms with E-state index in [0.717, 1.165) is 42.6 Å². The molecular formula is C30H29N5O6. The number of non-ortho nitro benzene ring substituents is 1. The number of esters is 1. The minimum Gasteiger partial charge on any atom is -0.472 e. The first-order valence-corrected chi connectivity index (χ1v) is 13.6. The lowest BCUT2D eigenvalue weighted by atomic mass is 9.95. The molecule has 5 aromatic rings. The van der Waals surface area contributed by atoms with E-state index in [4.69, 9.17) is 14.1 Å². The van der Waals surface area contributed by atoms with E-state index < -0.39 is 22.8 Å². The van der Waals surface area contributed by atoms with Crippen molar-refractivity contribution < 1.29 is 23.7 Å². The van der Waals surface area contributed by atoms with Gasteiger partial charge in [-0.1, -0.05) is 19.3 Å². The van der Waals surface area contributed by atoms with Crippen LogP contribution in [0, 0.1) is 10.1 Å². The van der Waals surface area contributed by atoms with Gasteiger partial charge in [-0.3, -0.25) is 14.9 Å². The number of amides is 1. The van der Waals surface area contributed by atoms with Crippen LogP contribution in [0.3, 0.4) is 0 Å². The predicted molar refractivity (Wildman–Crippen MR) is 151 cm³/mol. The number of nitrogens with one attached hydrogen (secondary N) is 2. The van der Waals surface area contributed by atoms with Gasteiger partial charge in [0.15, 0.2) is 0 Å². The molecule has 210 valence electrons. The third kappa shape index (κ3) is 5.06. The molecule has 6 rings (SSSR count). The number of benzene rings is 2. The van der Waals surface area contributed by atoms with Gasteiger partial charge in [0.25, 0.3) is 11.6 Å². The van der Waals surface area contributed by atoms with Crippen molar-refractivity contribution in [1.29, 1.82) is 0 Å². The van der Waals surface area contributed by atoms with Gasteiger partial charge in [-0.2, -0.15) is 0 Å². The molecule has 3 aromatic heterocycles. The average molecular weight is 556 g/mol. The van der Waals surface area contributed by atoms with E-state index in [-0.39, 0.29) is 12.1 Å². The monoisotopic (exact) mass is 555 g/mol. The third-order valence-electron chi connectivity index (χ3n) is 7.85. The zero-order valence-corrected chi connectivity index (χ0v) is 22.5. The average Bonchev–Trinajstić information content (AvgIpc) is 3.75. The molecule has 3 heterocycles. The second-order valence-electron chi connectivity index (χ2n) is 10.4. The zero-order valence-electron chi connectivity index (χ0n) is 22.5. The summed E-state index contributed by atoms with van der Waals surface area (Å²) in [7, 11) is 1.25. The Morgan fingerprint density at radius 2 is 2.02 bits per heavy atom. The van der Waals surface area contributed by atoms with E-state index in [2.05, 4.69) is 14.9 Å². The number of H-pyrrole nitrogens is 1. The number of nitro groups is 1. The zero-order chi connectivity index (χ0) is 28.5. The van der Waals surface area contributed by atoms with E-state index in [1.54, 1.807) is 36.9 Å². The van der Waals surface area contributed by atoms with Crippen LogP contribution in [0.4, 0.5) is 5.69 Å². The first-order chi connectivity index (χ1) is 19.9. The number of rotatable bonds is 8. The molecule has 1 fully saturated rings. The number of ether oxygens (including phenoxy) is 1. The minimum absolute atomic E-state index is 0.0623. The Labute approximate surface area is 234 Å².